The Morgan fingerprint density at radius 1 is 1.07 bits per heavy atom. The molecule has 1 saturated heterocycles. The third-order valence-electron chi connectivity index (χ3n) is 6.42. The van der Waals surface area contributed by atoms with Crippen LogP contribution in [0, 0.1) is 5.92 Å². The van der Waals surface area contributed by atoms with Gasteiger partial charge >= 0.3 is 0 Å². The Morgan fingerprint density at radius 2 is 1.77 bits per heavy atom. The molecule has 1 fully saturated rings. The van der Waals surface area contributed by atoms with Crippen molar-refractivity contribution in [1.82, 2.24) is 4.31 Å². The lowest BCUT2D eigenvalue weighted by molar-refractivity contribution is -0.118. The molecule has 30 heavy (non-hydrogen) atoms. The number of sulfonamides is 1. The SMILES string of the molecule is CCC(=O)N1c2ccc(S(=O)(=O)N3CCC(Cc4ccccc4)CC3)cc2CC1C. The van der Waals surface area contributed by atoms with Gasteiger partial charge in [-0.25, -0.2) is 8.42 Å². The first-order valence-electron chi connectivity index (χ1n) is 10.9. The van der Waals surface area contributed by atoms with Crippen LogP contribution in [0.4, 0.5) is 5.69 Å². The van der Waals surface area contributed by atoms with Gasteiger partial charge in [-0.15, -0.1) is 0 Å². The Morgan fingerprint density at radius 3 is 2.43 bits per heavy atom. The second-order valence-electron chi connectivity index (χ2n) is 8.50. The van der Waals surface area contributed by atoms with Gasteiger partial charge in [-0.3, -0.25) is 4.79 Å². The molecule has 1 amide bonds. The highest BCUT2D eigenvalue weighted by Gasteiger charge is 2.33. The number of carbonyl (C=O) groups is 1. The average molecular weight is 427 g/mol. The van der Waals surface area contributed by atoms with Crippen molar-refractivity contribution in [2.45, 2.75) is 56.9 Å². The molecule has 2 aliphatic rings. The third-order valence-corrected chi connectivity index (χ3v) is 8.31. The molecule has 0 spiro atoms. The van der Waals surface area contributed by atoms with Gasteiger partial charge in [0.05, 0.1) is 4.90 Å². The van der Waals surface area contributed by atoms with E-state index in [1.165, 1.54) is 5.56 Å². The average Bonchev–Trinajstić information content (AvgIpc) is 3.09. The van der Waals surface area contributed by atoms with E-state index >= 15 is 0 Å². The molecule has 0 bridgehead atoms. The predicted molar refractivity (Wildman–Crippen MR) is 119 cm³/mol. The molecule has 0 aliphatic carbocycles. The summed E-state index contributed by atoms with van der Waals surface area (Å²) < 4.78 is 28.1. The minimum Gasteiger partial charge on any atom is -0.309 e. The van der Waals surface area contributed by atoms with Gasteiger partial charge in [0.1, 0.15) is 0 Å². The van der Waals surface area contributed by atoms with E-state index < -0.39 is 10.0 Å². The molecule has 5 nitrogen and oxygen atoms in total. The second kappa shape index (κ2) is 8.52. The van der Waals surface area contributed by atoms with E-state index in [0.717, 1.165) is 30.5 Å². The smallest absolute Gasteiger partial charge is 0.243 e. The maximum Gasteiger partial charge on any atom is 0.243 e. The van der Waals surface area contributed by atoms with Crippen molar-refractivity contribution in [2.24, 2.45) is 5.92 Å². The van der Waals surface area contributed by atoms with Crippen LogP contribution < -0.4 is 4.90 Å². The molecular weight excluding hydrogens is 396 g/mol. The first-order valence-corrected chi connectivity index (χ1v) is 12.3. The molecule has 0 saturated carbocycles. The van der Waals surface area contributed by atoms with Crippen LogP contribution in [0.2, 0.25) is 0 Å². The van der Waals surface area contributed by atoms with E-state index in [0.29, 0.717) is 36.7 Å². The maximum absolute atomic E-state index is 13.3. The zero-order valence-corrected chi connectivity index (χ0v) is 18.6. The van der Waals surface area contributed by atoms with Gasteiger partial charge in [0, 0.05) is 31.2 Å². The van der Waals surface area contributed by atoms with Gasteiger partial charge in [-0.05, 0) is 67.9 Å². The highest BCUT2D eigenvalue weighted by atomic mass is 32.2. The van der Waals surface area contributed by atoms with Crippen molar-refractivity contribution in [3.05, 3.63) is 59.7 Å². The summed E-state index contributed by atoms with van der Waals surface area (Å²) in [7, 11) is -3.51. The quantitative estimate of drug-likeness (QED) is 0.726. The molecule has 2 aromatic rings. The molecule has 6 heteroatoms. The van der Waals surface area contributed by atoms with Gasteiger partial charge < -0.3 is 4.90 Å². The molecule has 2 heterocycles. The lowest BCUT2D eigenvalue weighted by atomic mass is 9.91. The summed E-state index contributed by atoms with van der Waals surface area (Å²) in [6.07, 6.45) is 3.92. The summed E-state index contributed by atoms with van der Waals surface area (Å²) in [6, 6.07) is 15.7. The number of carbonyl (C=O) groups excluding carboxylic acids is 1. The van der Waals surface area contributed by atoms with Gasteiger partial charge in [0.15, 0.2) is 0 Å². The van der Waals surface area contributed by atoms with E-state index in [1.54, 1.807) is 27.4 Å². The fourth-order valence-corrected chi connectivity index (χ4v) is 6.29. The number of amides is 1. The minimum atomic E-state index is -3.51. The lowest BCUT2D eigenvalue weighted by Crippen LogP contribution is -2.38. The summed E-state index contributed by atoms with van der Waals surface area (Å²) in [4.78, 5) is 14.4. The summed E-state index contributed by atoms with van der Waals surface area (Å²) in [5.74, 6) is 0.602. The van der Waals surface area contributed by atoms with Crippen molar-refractivity contribution in [3.8, 4) is 0 Å². The molecule has 160 valence electrons. The number of nitrogens with zero attached hydrogens (tertiary/aromatic N) is 2. The molecule has 1 unspecified atom stereocenters. The van der Waals surface area contributed by atoms with Gasteiger partial charge in [0.25, 0.3) is 0 Å². The zero-order valence-electron chi connectivity index (χ0n) is 17.8. The van der Waals surface area contributed by atoms with Crippen LogP contribution in [0.1, 0.15) is 44.2 Å². The van der Waals surface area contributed by atoms with E-state index in [2.05, 4.69) is 24.3 Å². The number of rotatable bonds is 5. The van der Waals surface area contributed by atoms with Crippen LogP contribution in [0.5, 0.6) is 0 Å². The molecule has 0 aromatic heterocycles. The van der Waals surface area contributed by atoms with Crippen molar-refractivity contribution in [2.75, 3.05) is 18.0 Å². The predicted octanol–water partition coefficient (Wildman–Crippen LogP) is 4.02. The number of fused-ring (bicyclic) bond motifs is 1. The summed E-state index contributed by atoms with van der Waals surface area (Å²) >= 11 is 0. The van der Waals surface area contributed by atoms with Crippen LogP contribution in [-0.4, -0.2) is 37.8 Å². The largest absolute Gasteiger partial charge is 0.309 e. The second-order valence-corrected chi connectivity index (χ2v) is 10.4. The first kappa shape index (κ1) is 21.1. The van der Waals surface area contributed by atoms with Crippen LogP contribution >= 0.6 is 0 Å². The Balaban J connectivity index is 1.46. The highest BCUT2D eigenvalue weighted by molar-refractivity contribution is 7.89. The summed E-state index contributed by atoms with van der Waals surface area (Å²) in [5, 5.41) is 0. The Labute approximate surface area is 179 Å². The van der Waals surface area contributed by atoms with Crippen molar-refractivity contribution in [1.29, 1.82) is 0 Å². The van der Waals surface area contributed by atoms with Crippen LogP contribution in [-0.2, 0) is 27.7 Å². The van der Waals surface area contributed by atoms with Crippen LogP contribution in [0.15, 0.2) is 53.4 Å². The molecule has 4 rings (SSSR count). The monoisotopic (exact) mass is 426 g/mol. The first-order chi connectivity index (χ1) is 14.4. The number of hydrogen-bond acceptors (Lipinski definition) is 3. The summed E-state index contributed by atoms with van der Waals surface area (Å²) in [6.45, 7) is 4.99. The molecular formula is C24H30N2O3S. The van der Waals surface area contributed by atoms with E-state index in [-0.39, 0.29) is 11.9 Å². The number of piperidine rings is 1. The number of benzene rings is 2. The summed E-state index contributed by atoms with van der Waals surface area (Å²) in [5.41, 5.74) is 3.12. The normalized spacial score (nSPS) is 20.3. The zero-order chi connectivity index (χ0) is 21.3. The molecule has 0 N–H and O–H groups in total. The van der Waals surface area contributed by atoms with Crippen molar-refractivity contribution < 1.29 is 13.2 Å². The van der Waals surface area contributed by atoms with Crippen LogP contribution in [0.25, 0.3) is 0 Å². The van der Waals surface area contributed by atoms with Gasteiger partial charge in [0.2, 0.25) is 15.9 Å². The van der Waals surface area contributed by atoms with E-state index in [1.807, 2.05) is 19.9 Å². The molecule has 2 aromatic carbocycles. The van der Waals surface area contributed by atoms with Gasteiger partial charge in [-0.2, -0.15) is 4.31 Å². The molecule has 2 aliphatic heterocycles. The Kier molecular flexibility index (Phi) is 5.98. The molecule has 1 atom stereocenters. The minimum absolute atomic E-state index is 0.0686. The maximum atomic E-state index is 13.3. The number of anilines is 1. The topological polar surface area (TPSA) is 57.7 Å². The lowest BCUT2D eigenvalue weighted by Gasteiger charge is -2.31. The standard InChI is InChI=1S/C24H30N2O3S/c1-3-24(27)26-18(2)15-21-17-22(9-10-23(21)26)30(28,29)25-13-11-20(12-14-25)16-19-7-5-4-6-8-19/h4-10,17-18,20H,3,11-16H2,1-2H3. The number of hydrogen-bond donors (Lipinski definition) is 0. The third kappa shape index (κ3) is 4.03. The fraction of sp³-hybridized carbons (Fsp3) is 0.458. The highest BCUT2D eigenvalue weighted by Crippen LogP contribution is 2.35. The Hall–Kier alpha value is -2.18. The van der Waals surface area contributed by atoms with E-state index in [4.69, 9.17) is 0 Å². The van der Waals surface area contributed by atoms with Crippen molar-refractivity contribution >= 4 is 21.6 Å². The van der Waals surface area contributed by atoms with Crippen LogP contribution in [0.3, 0.4) is 0 Å². The van der Waals surface area contributed by atoms with Crippen molar-refractivity contribution in [3.63, 3.8) is 0 Å². The molecule has 0 radical (unpaired) electrons. The fourth-order valence-electron chi connectivity index (χ4n) is 4.77. The Bertz CT molecular complexity index is 1010. The van der Waals surface area contributed by atoms with Gasteiger partial charge in [-0.1, -0.05) is 37.3 Å². The van der Waals surface area contributed by atoms with E-state index in [9.17, 15) is 13.2 Å².